The Labute approximate surface area is 202 Å². The largest absolute Gasteiger partial charge is 0.372 e. The molecule has 4 rings (SSSR count). The molecule has 0 saturated heterocycles. The van der Waals surface area contributed by atoms with Crippen LogP contribution in [0.3, 0.4) is 0 Å². The van der Waals surface area contributed by atoms with Crippen molar-refractivity contribution in [3.8, 4) is 33.6 Å². The first-order valence-corrected chi connectivity index (χ1v) is 11.3. The van der Waals surface area contributed by atoms with Crippen molar-refractivity contribution in [2.24, 2.45) is 0 Å². The number of hydrogen-bond acceptors (Lipinski definition) is 6. The van der Waals surface area contributed by atoms with Gasteiger partial charge in [0.25, 0.3) is 11.4 Å². The van der Waals surface area contributed by atoms with E-state index >= 15 is 0 Å². The lowest BCUT2D eigenvalue weighted by Gasteiger charge is -2.21. The molecule has 0 saturated carbocycles. The normalized spacial score (nSPS) is 10.7. The Morgan fingerprint density at radius 2 is 1.03 bits per heavy atom. The highest BCUT2D eigenvalue weighted by Crippen LogP contribution is 2.32. The summed E-state index contributed by atoms with van der Waals surface area (Å²) in [6.45, 7) is 6.07. The van der Waals surface area contributed by atoms with Gasteiger partial charge < -0.3 is 4.90 Å². The van der Waals surface area contributed by atoms with Crippen LogP contribution in [0.15, 0.2) is 84.9 Å². The molecule has 8 nitrogen and oxygen atoms in total. The molecular formula is C27H24N4O4. The molecule has 1 aromatic heterocycles. The van der Waals surface area contributed by atoms with E-state index in [2.05, 4.69) is 43.0 Å². The van der Waals surface area contributed by atoms with Gasteiger partial charge in [0, 0.05) is 54.2 Å². The van der Waals surface area contributed by atoms with Crippen LogP contribution in [0.2, 0.25) is 0 Å². The van der Waals surface area contributed by atoms with Crippen LogP contribution >= 0.6 is 0 Å². The van der Waals surface area contributed by atoms with Gasteiger partial charge in [-0.1, -0.05) is 12.1 Å². The Morgan fingerprint density at radius 3 is 1.40 bits per heavy atom. The molecule has 176 valence electrons. The zero-order valence-electron chi connectivity index (χ0n) is 19.4. The number of benzene rings is 3. The van der Waals surface area contributed by atoms with Gasteiger partial charge in [-0.25, -0.2) is 4.98 Å². The quantitative estimate of drug-likeness (QED) is 0.209. The average Bonchev–Trinajstić information content (AvgIpc) is 2.89. The summed E-state index contributed by atoms with van der Waals surface area (Å²) in [5.41, 5.74) is 5.85. The third kappa shape index (κ3) is 5.16. The van der Waals surface area contributed by atoms with Crippen LogP contribution in [-0.2, 0) is 0 Å². The molecule has 8 heteroatoms. The molecule has 0 fully saturated rings. The van der Waals surface area contributed by atoms with Crippen molar-refractivity contribution in [2.45, 2.75) is 13.8 Å². The van der Waals surface area contributed by atoms with Gasteiger partial charge in [0.2, 0.25) is 0 Å². The summed E-state index contributed by atoms with van der Waals surface area (Å²) in [7, 11) is 0. The summed E-state index contributed by atoms with van der Waals surface area (Å²) >= 11 is 0. The summed E-state index contributed by atoms with van der Waals surface area (Å²) in [5, 5.41) is 22.1. The molecule has 3 aromatic carbocycles. The molecule has 1 heterocycles. The zero-order valence-corrected chi connectivity index (χ0v) is 19.4. The van der Waals surface area contributed by atoms with Crippen LogP contribution in [0.25, 0.3) is 33.6 Å². The van der Waals surface area contributed by atoms with Crippen LogP contribution < -0.4 is 4.90 Å². The number of nitrogens with zero attached hydrogens (tertiary/aromatic N) is 4. The fourth-order valence-electron chi connectivity index (χ4n) is 3.95. The molecule has 0 radical (unpaired) electrons. The Kier molecular flexibility index (Phi) is 6.82. The van der Waals surface area contributed by atoms with Gasteiger partial charge >= 0.3 is 0 Å². The molecule has 0 N–H and O–H groups in total. The highest BCUT2D eigenvalue weighted by atomic mass is 16.6. The summed E-state index contributed by atoms with van der Waals surface area (Å²) in [6.07, 6.45) is 0. The van der Waals surface area contributed by atoms with E-state index in [1.54, 1.807) is 24.3 Å². The number of nitro groups is 2. The molecule has 0 aliphatic heterocycles. The summed E-state index contributed by atoms with van der Waals surface area (Å²) < 4.78 is 0. The third-order valence-corrected chi connectivity index (χ3v) is 5.90. The lowest BCUT2D eigenvalue weighted by atomic mass is 9.99. The molecule has 0 aliphatic rings. The van der Waals surface area contributed by atoms with Crippen molar-refractivity contribution < 1.29 is 9.85 Å². The van der Waals surface area contributed by atoms with Crippen molar-refractivity contribution in [1.82, 2.24) is 4.98 Å². The maximum absolute atomic E-state index is 11.1. The van der Waals surface area contributed by atoms with Crippen molar-refractivity contribution in [1.29, 1.82) is 0 Å². The van der Waals surface area contributed by atoms with Crippen molar-refractivity contribution in [2.75, 3.05) is 18.0 Å². The van der Waals surface area contributed by atoms with Crippen LogP contribution in [0.1, 0.15) is 13.8 Å². The molecule has 4 aromatic rings. The van der Waals surface area contributed by atoms with Gasteiger partial charge in [-0.15, -0.1) is 0 Å². The second-order valence-corrected chi connectivity index (χ2v) is 7.95. The fraction of sp³-hybridized carbons (Fsp3) is 0.148. The topological polar surface area (TPSA) is 102 Å². The highest BCUT2D eigenvalue weighted by molar-refractivity contribution is 5.77. The van der Waals surface area contributed by atoms with Gasteiger partial charge in [0.05, 0.1) is 21.2 Å². The number of non-ortho nitro benzene ring substituents is 2. The van der Waals surface area contributed by atoms with E-state index in [0.29, 0.717) is 11.4 Å². The molecule has 0 spiro atoms. The van der Waals surface area contributed by atoms with Crippen LogP contribution in [0, 0.1) is 20.2 Å². The van der Waals surface area contributed by atoms with E-state index < -0.39 is 9.85 Å². The van der Waals surface area contributed by atoms with Crippen molar-refractivity contribution >= 4 is 17.1 Å². The molecule has 35 heavy (non-hydrogen) atoms. The Bertz CT molecular complexity index is 1270. The molecule has 0 amide bonds. The van der Waals surface area contributed by atoms with E-state index in [1.807, 2.05) is 12.1 Å². The molecule has 0 unspecified atom stereocenters. The minimum atomic E-state index is -0.437. The number of nitro benzene ring substituents is 2. The first kappa shape index (κ1) is 23.6. The van der Waals surface area contributed by atoms with Gasteiger partial charge in [-0.3, -0.25) is 20.2 Å². The SMILES string of the molecule is CCN(CC)c1ccc(-c2cc(-c3ccc([N+](=O)[O-])cc3)nc(-c3ccc([N+](=O)[O-])cc3)c2)cc1. The molecule has 0 atom stereocenters. The first-order valence-electron chi connectivity index (χ1n) is 11.3. The van der Waals surface area contributed by atoms with E-state index in [9.17, 15) is 20.2 Å². The van der Waals surface area contributed by atoms with Crippen LogP contribution in [-0.4, -0.2) is 27.9 Å². The lowest BCUT2D eigenvalue weighted by molar-refractivity contribution is -0.385. The number of pyridine rings is 1. The van der Waals surface area contributed by atoms with Crippen molar-refractivity contribution in [3.63, 3.8) is 0 Å². The summed E-state index contributed by atoms with van der Waals surface area (Å²) in [6, 6.07) is 24.7. The smallest absolute Gasteiger partial charge is 0.269 e. The van der Waals surface area contributed by atoms with E-state index in [-0.39, 0.29) is 11.4 Å². The minimum absolute atomic E-state index is 0.00693. The van der Waals surface area contributed by atoms with Crippen molar-refractivity contribution in [3.05, 3.63) is 105 Å². The highest BCUT2D eigenvalue weighted by Gasteiger charge is 2.13. The van der Waals surface area contributed by atoms with Gasteiger partial charge in [-0.2, -0.15) is 0 Å². The number of hydrogen-bond donors (Lipinski definition) is 0. The Morgan fingerprint density at radius 1 is 0.629 bits per heavy atom. The Balaban J connectivity index is 1.81. The monoisotopic (exact) mass is 468 g/mol. The second kappa shape index (κ2) is 10.1. The van der Waals surface area contributed by atoms with Gasteiger partial charge in [0.1, 0.15) is 0 Å². The predicted octanol–water partition coefficient (Wildman–Crippen LogP) is 6.75. The van der Waals surface area contributed by atoms with E-state index in [0.717, 1.165) is 41.0 Å². The third-order valence-electron chi connectivity index (χ3n) is 5.90. The second-order valence-electron chi connectivity index (χ2n) is 7.95. The summed E-state index contributed by atoms with van der Waals surface area (Å²) in [4.78, 5) is 28.3. The first-order chi connectivity index (χ1) is 16.9. The lowest BCUT2D eigenvalue weighted by Crippen LogP contribution is -2.21. The maximum atomic E-state index is 11.1. The number of anilines is 1. The van der Waals surface area contributed by atoms with E-state index in [1.165, 1.54) is 24.3 Å². The predicted molar refractivity (Wildman–Crippen MR) is 137 cm³/mol. The number of rotatable bonds is 8. The summed E-state index contributed by atoms with van der Waals surface area (Å²) in [5.74, 6) is 0. The van der Waals surface area contributed by atoms with Crippen LogP contribution in [0.5, 0.6) is 0 Å². The van der Waals surface area contributed by atoms with E-state index in [4.69, 9.17) is 4.98 Å². The molecule has 0 aliphatic carbocycles. The standard InChI is InChI=1S/C27H24N4O4/c1-3-29(4-2)23-11-5-19(6-12-23)22-17-26(20-7-13-24(14-8-20)30(32)33)28-27(18-22)21-9-15-25(16-10-21)31(34)35/h5-18H,3-4H2,1-2H3. The van der Waals surface area contributed by atoms with Gasteiger partial charge in [0.15, 0.2) is 0 Å². The Hall–Kier alpha value is -4.59. The van der Waals surface area contributed by atoms with Crippen LogP contribution in [0.4, 0.5) is 17.1 Å². The van der Waals surface area contributed by atoms with Gasteiger partial charge in [-0.05, 0) is 73.5 Å². The number of aromatic nitrogens is 1. The molecular weight excluding hydrogens is 444 g/mol. The molecule has 0 bridgehead atoms. The zero-order chi connectivity index (χ0) is 24.9. The maximum Gasteiger partial charge on any atom is 0.269 e. The fourth-order valence-corrected chi connectivity index (χ4v) is 3.95. The minimum Gasteiger partial charge on any atom is -0.372 e. The average molecular weight is 469 g/mol.